The third-order valence-corrected chi connectivity index (χ3v) is 5.25. The zero-order valence-electron chi connectivity index (χ0n) is 15.4. The van der Waals surface area contributed by atoms with Crippen molar-refractivity contribution in [3.05, 3.63) is 71.8 Å². The molecule has 0 bridgehead atoms. The third kappa shape index (κ3) is 5.37. The Morgan fingerprint density at radius 2 is 1.65 bits per heavy atom. The molecule has 0 radical (unpaired) electrons. The van der Waals surface area contributed by atoms with E-state index in [2.05, 4.69) is 77.8 Å². The first-order valence-corrected chi connectivity index (χ1v) is 9.85. The van der Waals surface area contributed by atoms with Crippen molar-refractivity contribution in [1.82, 2.24) is 10.2 Å². The van der Waals surface area contributed by atoms with Gasteiger partial charge < -0.3 is 10.1 Å². The SMILES string of the molecule is CC(NC(=S)CCc1ccccc1)C(c1ccccc1)N1CCOCC1. The van der Waals surface area contributed by atoms with Gasteiger partial charge in [0.1, 0.15) is 0 Å². The molecule has 0 aliphatic carbocycles. The van der Waals surface area contributed by atoms with Gasteiger partial charge in [-0.3, -0.25) is 4.90 Å². The molecule has 26 heavy (non-hydrogen) atoms. The lowest BCUT2D eigenvalue weighted by Crippen LogP contribution is -2.48. The van der Waals surface area contributed by atoms with Crippen molar-refractivity contribution in [2.45, 2.75) is 31.8 Å². The van der Waals surface area contributed by atoms with Gasteiger partial charge in [-0.25, -0.2) is 0 Å². The summed E-state index contributed by atoms with van der Waals surface area (Å²) in [4.78, 5) is 3.45. The first kappa shape index (κ1) is 19.0. The van der Waals surface area contributed by atoms with E-state index in [0.29, 0.717) is 6.04 Å². The lowest BCUT2D eigenvalue weighted by Gasteiger charge is -2.38. The summed E-state index contributed by atoms with van der Waals surface area (Å²) in [5.74, 6) is 0. The average Bonchev–Trinajstić information content (AvgIpc) is 2.69. The van der Waals surface area contributed by atoms with Crippen LogP contribution in [0.5, 0.6) is 0 Å². The second-order valence-electron chi connectivity index (χ2n) is 6.85. The molecule has 3 nitrogen and oxygen atoms in total. The van der Waals surface area contributed by atoms with Crippen LogP contribution in [-0.2, 0) is 11.2 Å². The molecule has 0 spiro atoms. The molecule has 4 heteroatoms. The highest BCUT2D eigenvalue weighted by atomic mass is 32.1. The molecule has 0 saturated carbocycles. The normalized spacial score (nSPS) is 17.4. The lowest BCUT2D eigenvalue weighted by atomic mass is 9.98. The Bertz CT molecular complexity index is 671. The van der Waals surface area contributed by atoms with Crippen molar-refractivity contribution >= 4 is 17.2 Å². The van der Waals surface area contributed by atoms with Crippen LogP contribution in [-0.4, -0.2) is 42.2 Å². The molecule has 2 atom stereocenters. The number of aryl methyl sites for hydroxylation is 1. The first-order valence-electron chi connectivity index (χ1n) is 9.44. The highest BCUT2D eigenvalue weighted by Crippen LogP contribution is 2.25. The summed E-state index contributed by atoms with van der Waals surface area (Å²) in [5, 5.41) is 3.59. The summed E-state index contributed by atoms with van der Waals surface area (Å²) in [6, 6.07) is 21.8. The largest absolute Gasteiger partial charge is 0.379 e. The van der Waals surface area contributed by atoms with Crippen molar-refractivity contribution < 1.29 is 4.74 Å². The summed E-state index contributed by atoms with van der Waals surface area (Å²) >= 11 is 5.65. The molecule has 1 heterocycles. The van der Waals surface area contributed by atoms with Crippen LogP contribution in [0.15, 0.2) is 60.7 Å². The van der Waals surface area contributed by atoms with Crippen LogP contribution in [0.1, 0.15) is 30.5 Å². The fourth-order valence-electron chi connectivity index (χ4n) is 3.63. The zero-order chi connectivity index (χ0) is 18.2. The number of benzene rings is 2. The van der Waals surface area contributed by atoms with Crippen molar-refractivity contribution in [3.8, 4) is 0 Å². The number of rotatable bonds is 7. The van der Waals surface area contributed by atoms with Gasteiger partial charge in [0.25, 0.3) is 0 Å². The minimum atomic E-state index is 0.249. The van der Waals surface area contributed by atoms with Crippen molar-refractivity contribution in [3.63, 3.8) is 0 Å². The third-order valence-electron chi connectivity index (χ3n) is 4.93. The van der Waals surface area contributed by atoms with Crippen LogP contribution in [0.3, 0.4) is 0 Å². The molecule has 2 aromatic carbocycles. The monoisotopic (exact) mass is 368 g/mol. The summed E-state index contributed by atoms with van der Waals surface area (Å²) in [5.41, 5.74) is 2.66. The van der Waals surface area contributed by atoms with Gasteiger partial charge in [-0.15, -0.1) is 0 Å². The molecule has 3 rings (SSSR count). The van der Waals surface area contributed by atoms with Gasteiger partial charge in [-0.1, -0.05) is 72.9 Å². The van der Waals surface area contributed by atoms with Gasteiger partial charge in [-0.05, 0) is 24.5 Å². The fourth-order valence-corrected chi connectivity index (χ4v) is 3.92. The van der Waals surface area contributed by atoms with E-state index in [4.69, 9.17) is 17.0 Å². The second-order valence-corrected chi connectivity index (χ2v) is 7.34. The Hall–Kier alpha value is -1.75. The maximum Gasteiger partial charge on any atom is 0.0759 e. The first-order chi connectivity index (χ1) is 12.7. The molecule has 1 N–H and O–H groups in total. The lowest BCUT2D eigenvalue weighted by molar-refractivity contribution is 0.0102. The quantitative estimate of drug-likeness (QED) is 0.747. The molecule has 2 unspecified atom stereocenters. The van der Waals surface area contributed by atoms with Crippen molar-refractivity contribution in [2.75, 3.05) is 26.3 Å². The fraction of sp³-hybridized carbons (Fsp3) is 0.409. The van der Waals surface area contributed by atoms with Crippen LogP contribution in [0.2, 0.25) is 0 Å². The number of nitrogens with one attached hydrogen (secondary N) is 1. The Balaban J connectivity index is 1.63. The van der Waals surface area contributed by atoms with Crippen molar-refractivity contribution in [2.24, 2.45) is 0 Å². The molecule has 1 aliphatic rings. The Morgan fingerprint density at radius 1 is 1.04 bits per heavy atom. The van der Waals surface area contributed by atoms with Crippen molar-refractivity contribution in [1.29, 1.82) is 0 Å². The smallest absolute Gasteiger partial charge is 0.0759 e. The summed E-state index contributed by atoms with van der Waals surface area (Å²) in [6.07, 6.45) is 1.86. The van der Waals surface area contributed by atoms with Crippen LogP contribution in [0, 0.1) is 0 Å². The molecule has 0 amide bonds. The molecule has 138 valence electrons. The Kier molecular flexibility index (Phi) is 7.18. The predicted octanol–water partition coefficient (Wildman–Crippen LogP) is 4.00. The highest BCUT2D eigenvalue weighted by molar-refractivity contribution is 7.80. The number of hydrogen-bond donors (Lipinski definition) is 1. The maximum absolute atomic E-state index is 5.65. The second kappa shape index (κ2) is 9.81. The number of thiocarbonyl (C=S) groups is 1. The highest BCUT2D eigenvalue weighted by Gasteiger charge is 2.27. The molecule has 2 aromatic rings. The van der Waals surface area contributed by atoms with Gasteiger partial charge in [0.05, 0.1) is 24.2 Å². The number of hydrogen-bond acceptors (Lipinski definition) is 3. The summed E-state index contributed by atoms with van der Waals surface area (Å²) in [7, 11) is 0. The van der Waals surface area contributed by atoms with Crippen LogP contribution >= 0.6 is 12.2 Å². The summed E-state index contributed by atoms with van der Waals surface area (Å²) in [6.45, 7) is 5.76. The standard InChI is InChI=1S/C22H28N2OS/c1-18(23-21(26)13-12-19-8-4-2-5-9-19)22(20-10-6-3-7-11-20)24-14-16-25-17-15-24/h2-11,18,22H,12-17H2,1H3,(H,23,26). The average molecular weight is 369 g/mol. The Labute approximate surface area is 162 Å². The van der Waals surface area contributed by atoms with E-state index >= 15 is 0 Å². The van der Waals surface area contributed by atoms with Crippen LogP contribution < -0.4 is 5.32 Å². The van der Waals surface area contributed by atoms with E-state index in [1.165, 1.54) is 11.1 Å². The van der Waals surface area contributed by atoms with Crippen LogP contribution in [0.4, 0.5) is 0 Å². The van der Waals surface area contributed by atoms with E-state index < -0.39 is 0 Å². The topological polar surface area (TPSA) is 24.5 Å². The minimum absolute atomic E-state index is 0.249. The number of morpholine rings is 1. The molecular formula is C22H28N2OS. The Morgan fingerprint density at radius 3 is 2.31 bits per heavy atom. The molecule has 1 fully saturated rings. The minimum Gasteiger partial charge on any atom is -0.379 e. The number of nitrogens with zero attached hydrogens (tertiary/aromatic N) is 1. The van der Waals surface area contributed by atoms with E-state index in [1.807, 2.05) is 0 Å². The van der Waals surface area contributed by atoms with E-state index in [-0.39, 0.29) is 6.04 Å². The van der Waals surface area contributed by atoms with Gasteiger partial charge in [-0.2, -0.15) is 0 Å². The molecule has 1 saturated heterocycles. The maximum atomic E-state index is 5.65. The van der Waals surface area contributed by atoms with Gasteiger partial charge in [0, 0.05) is 25.6 Å². The van der Waals surface area contributed by atoms with E-state index in [0.717, 1.165) is 44.1 Å². The molecule has 1 aliphatic heterocycles. The van der Waals surface area contributed by atoms with Crippen LogP contribution in [0.25, 0.3) is 0 Å². The van der Waals surface area contributed by atoms with Gasteiger partial charge in [0.15, 0.2) is 0 Å². The number of ether oxygens (including phenoxy) is 1. The zero-order valence-corrected chi connectivity index (χ0v) is 16.3. The molecule has 0 aromatic heterocycles. The molecular weight excluding hydrogens is 340 g/mol. The summed E-state index contributed by atoms with van der Waals surface area (Å²) < 4.78 is 5.55. The van der Waals surface area contributed by atoms with E-state index in [1.54, 1.807) is 0 Å². The van der Waals surface area contributed by atoms with Gasteiger partial charge >= 0.3 is 0 Å². The van der Waals surface area contributed by atoms with E-state index in [9.17, 15) is 0 Å². The predicted molar refractivity (Wildman–Crippen MR) is 112 cm³/mol. The van der Waals surface area contributed by atoms with Gasteiger partial charge in [0.2, 0.25) is 0 Å².